The lowest BCUT2D eigenvalue weighted by Gasteiger charge is -2.47. The molecule has 4 heterocycles. The summed E-state index contributed by atoms with van der Waals surface area (Å²) >= 11 is 0. The first-order valence-electron chi connectivity index (χ1n) is 27.5. The molecular weight excluding hydrogens is 942 g/mol. The highest BCUT2D eigenvalue weighted by molar-refractivity contribution is 7.03. The van der Waals surface area contributed by atoms with Gasteiger partial charge in [0.15, 0.2) is 0 Å². The topological polar surface area (TPSA) is 13.0 Å². The Bertz CT molecular complexity index is 3940. The van der Waals surface area contributed by atoms with Crippen LogP contribution >= 0.6 is 0 Å². The molecule has 0 bridgehead atoms. The zero-order chi connectivity index (χ0) is 52.5. The number of hydrogen-bond acceptors (Lipinski definition) is 4. The van der Waals surface area contributed by atoms with Crippen LogP contribution in [0, 0.1) is 41.5 Å². The minimum absolute atomic E-state index is 0.0859. The Morgan fingerprint density at radius 3 is 0.821 bits per heavy atom. The quantitative estimate of drug-likeness (QED) is 0.154. The Kier molecular flexibility index (Phi) is 10.4. The van der Waals surface area contributed by atoms with E-state index in [2.05, 4.69) is 292 Å². The third-order valence-corrected chi connectivity index (χ3v) is 16.9. The van der Waals surface area contributed by atoms with E-state index in [0.717, 1.165) is 22.7 Å². The van der Waals surface area contributed by atoms with Gasteiger partial charge in [0.2, 0.25) is 0 Å². The molecule has 370 valence electrons. The summed E-state index contributed by atoms with van der Waals surface area (Å²) in [4.78, 5) is 10.3. The van der Waals surface area contributed by atoms with Crippen molar-refractivity contribution in [2.75, 3.05) is 19.6 Å². The Morgan fingerprint density at radius 2 is 0.500 bits per heavy atom. The maximum absolute atomic E-state index is 2.65. The summed E-state index contributed by atoms with van der Waals surface area (Å²) < 4.78 is 0. The summed E-state index contributed by atoms with van der Waals surface area (Å²) in [5.74, 6) is 0. The van der Waals surface area contributed by atoms with E-state index in [4.69, 9.17) is 0 Å². The van der Waals surface area contributed by atoms with Crippen LogP contribution in [0.5, 0.6) is 0 Å². The molecular formula is C72H56B2N4. The molecule has 0 atom stereocenters. The second-order valence-electron chi connectivity index (χ2n) is 22.2. The van der Waals surface area contributed by atoms with Crippen LogP contribution in [-0.2, 0) is 0 Å². The number of fused-ring (bicyclic) bond motifs is 8. The molecule has 4 nitrogen and oxygen atoms in total. The van der Waals surface area contributed by atoms with E-state index in [9.17, 15) is 0 Å². The standard InChI is InChI=1S/C72H56B2N4/c1-45-17-27-55(28-18-45)75-63-35-25-49(5)37-59(63)73-61-43-62-66(44-65(61)77(57-31-21-47(3)22-32-57)69-41-53(39-67(75)71(69)73)51-13-9-7-10-14-51)78(58-33-23-48(4)24-34-58)70-42-54(52-15-11-8-12-16-52)40-68-72(70)74(62)60-38-50(6)26-36-64(60)76(68)56-29-19-46(2)20-30-56/h7-44H,1-6H3. The van der Waals surface area contributed by atoms with E-state index >= 15 is 0 Å². The number of nitrogens with zero attached hydrogens (tertiary/aromatic N) is 4. The second kappa shape index (κ2) is 17.7. The van der Waals surface area contributed by atoms with E-state index in [1.54, 1.807) is 0 Å². The van der Waals surface area contributed by atoms with E-state index < -0.39 is 0 Å². The lowest BCUT2D eigenvalue weighted by Crippen LogP contribution is -2.65. The van der Waals surface area contributed by atoms with Crippen LogP contribution < -0.4 is 52.4 Å². The molecule has 0 unspecified atom stereocenters. The number of anilines is 12. The van der Waals surface area contributed by atoms with Crippen LogP contribution in [0.25, 0.3) is 22.3 Å². The molecule has 0 amide bonds. The predicted molar refractivity (Wildman–Crippen MR) is 334 cm³/mol. The van der Waals surface area contributed by atoms with Gasteiger partial charge in [-0.25, -0.2) is 0 Å². The summed E-state index contributed by atoms with van der Waals surface area (Å²) in [6.45, 7) is 13.1. The molecule has 6 heteroatoms. The van der Waals surface area contributed by atoms with Gasteiger partial charge in [0.05, 0.1) is 0 Å². The summed E-state index contributed by atoms with van der Waals surface area (Å²) in [5.41, 5.74) is 34.1. The maximum atomic E-state index is 2.65. The highest BCUT2D eigenvalue weighted by Gasteiger charge is 2.48. The van der Waals surface area contributed by atoms with Gasteiger partial charge in [-0.3, -0.25) is 0 Å². The molecule has 0 saturated heterocycles. The SMILES string of the molecule is Cc1ccc(N2c3ccc(C)cc3B3c4cc5c(cc4N(c4ccc(C)cc4)c4cc(-c6ccccc6)cc2c43)N(c2ccc(C)cc2)c2cc(-c3ccccc3)cc3c2B5c2cc(C)ccc2N3c2ccc(C)cc2)cc1. The zero-order valence-corrected chi connectivity index (χ0v) is 44.9. The molecule has 0 aromatic heterocycles. The van der Waals surface area contributed by atoms with Crippen molar-refractivity contribution in [2.24, 2.45) is 0 Å². The van der Waals surface area contributed by atoms with Gasteiger partial charge in [-0.15, -0.1) is 0 Å². The maximum Gasteiger partial charge on any atom is 0.252 e. The van der Waals surface area contributed by atoms with Crippen molar-refractivity contribution in [2.45, 2.75) is 41.5 Å². The first-order valence-corrected chi connectivity index (χ1v) is 27.5. The van der Waals surface area contributed by atoms with Gasteiger partial charge >= 0.3 is 0 Å². The summed E-state index contributed by atoms with van der Waals surface area (Å²) in [5, 5.41) is 0. The van der Waals surface area contributed by atoms with Crippen LogP contribution in [0.3, 0.4) is 0 Å². The smallest absolute Gasteiger partial charge is 0.252 e. The highest BCUT2D eigenvalue weighted by atomic mass is 15.2. The Morgan fingerprint density at radius 1 is 0.218 bits per heavy atom. The molecule has 15 rings (SSSR count). The molecule has 11 aromatic rings. The third-order valence-electron chi connectivity index (χ3n) is 16.9. The molecule has 0 spiro atoms. The summed E-state index contributed by atoms with van der Waals surface area (Å²) in [6.07, 6.45) is 0. The number of benzene rings is 11. The molecule has 0 fully saturated rings. The zero-order valence-electron chi connectivity index (χ0n) is 44.9. The van der Waals surface area contributed by atoms with E-state index in [-0.39, 0.29) is 13.4 Å². The van der Waals surface area contributed by atoms with Crippen molar-refractivity contribution >= 4 is 114 Å². The molecule has 0 saturated carbocycles. The van der Waals surface area contributed by atoms with Crippen molar-refractivity contribution in [3.8, 4) is 22.3 Å². The minimum atomic E-state index is -0.0859. The summed E-state index contributed by atoms with van der Waals surface area (Å²) in [6, 6.07) is 87.9. The van der Waals surface area contributed by atoms with Crippen LogP contribution in [-0.4, -0.2) is 13.4 Å². The van der Waals surface area contributed by atoms with Crippen molar-refractivity contribution in [1.82, 2.24) is 0 Å². The van der Waals surface area contributed by atoms with E-state index in [1.807, 2.05) is 0 Å². The minimum Gasteiger partial charge on any atom is -0.311 e. The number of aryl methyl sites for hydroxylation is 6. The lowest BCUT2D eigenvalue weighted by atomic mass is 9.30. The molecule has 11 aromatic carbocycles. The van der Waals surface area contributed by atoms with Crippen LogP contribution in [0.2, 0.25) is 0 Å². The predicted octanol–water partition coefficient (Wildman–Crippen LogP) is 15.0. The van der Waals surface area contributed by atoms with Gasteiger partial charge in [0.25, 0.3) is 13.4 Å². The molecule has 78 heavy (non-hydrogen) atoms. The third kappa shape index (κ3) is 7.16. The lowest BCUT2D eigenvalue weighted by molar-refractivity contribution is 1.23. The molecule has 4 aliphatic rings. The van der Waals surface area contributed by atoms with Crippen LogP contribution in [0.4, 0.5) is 68.2 Å². The number of hydrogen-bond donors (Lipinski definition) is 0. The van der Waals surface area contributed by atoms with Crippen molar-refractivity contribution < 1.29 is 0 Å². The average molecular weight is 999 g/mol. The van der Waals surface area contributed by atoms with Gasteiger partial charge in [-0.05, 0) is 188 Å². The van der Waals surface area contributed by atoms with Gasteiger partial charge in [-0.1, -0.05) is 173 Å². The normalized spacial score (nSPS) is 13.4. The average Bonchev–Trinajstić information content (AvgIpc) is 2.04. The molecule has 4 aliphatic heterocycles. The van der Waals surface area contributed by atoms with Crippen molar-refractivity contribution in [3.05, 3.63) is 264 Å². The monoisotopic (exact) mass is 998 g/mol. The molecule has 0 radical (unpaired) electrons. The van der Waals surface area contributed by atoms with Gasteiger partial charge in [-0.2, -0.15) is 0 Å². The van der Waals surface area contributed by atoms with Crippen molar-refractivity contribution in [3.63, 3.8) is 0 Å². The molecule has 0 N–H and O–H groups in total. The van der Waals surface area contributed by atoms with E-state index in [1.165, 1.54) is 134 Å². The molecule has 0 aliphatic carbocycles. The Labute approximate surface area is 459 Å². The fourth-order valence-corrected chi connectivity index (χ4v) is 13.2. The van der Waals surface area contributed by atoms with Gasteiger partial charge in [0, 0.05) is 68.2 Å². The van der Waals surface area contributed by atoms with Crippen LogP contribution in [0.15, 0.2) is 231 Å². The first kappa shape index (κ1) is 46.1. The fourth-order valence-electron chi connectivity index (χ4n) is 13.2. The first-order chi connectivity index (χ1) is 38.1. The highest BCUT2D eigenvalue weighted by Crippen LogP contribution is 2.50. The Balaban J connectivity index is 1.09. The fraction of sp³-hybridized carbons (Fsp3) is 0.0833. The second-order valence-corrected chi connectivity index (χ2v) is 22.2. The Hall–Kier alpha value is -9.25. The van der Waals surface area contributed by atoms with E-state index in [0.29, 0.717) is 0 Å². The summed E-state index contributed by atoms with van der Waals surface area (Å²) in [7, 11) is 0. The van der Waals surface area contributed by atoms with Crippen molar-refractivity contribution in [1.29, 1.82) is 0 Å². The van der Waals surface area contributed by atoms with Gasteiger partial charge in [0.1, 0.15) is 0 Å². The van der Waals surface area contributed by atoms with Crippen LogP contribution in [0.1, 0.15) is 33.4 Å². The largest absolute Gasteiger partial charge is 0.311 e. The van der Waals surface area contributed by atoms with Gasteiger partial charge < -0.3 is 19.6 Å². The number of rotatable bonds is 6.